The normalized spacial score (nSPS) is 13.5. The highest BCUT2D eigenvalue weighted by molar-refractivity contribution is 6.34. The van der Waals surface area contributed by atoms with E-state index in [9.17, 15) is 19.8 Å². The van der Waals surface area contributed by atoms with Gasteiger partial charge in [-0.1, -0.05) is 37.0 Å². The number of nitrogens with zero attached hydrogens (tertiary/aromatic N) is 2. The Hall–Kier alpha value is -2.09. The number of hydrogen-bond donors (Lipinski definition) is 3. The molecule has 0 aliphatic rings. The molecule has 1 heterocycles. The molecule has 2 aromatic rings. The first-order valence-electron chi connectivity index (χ1n) is 8.83. The van der Waals surface area contributed by atoms with Crippen molar-refractivity contribution in [3.63, 3.8) is 0 Å². The third kappa shape index (κ3) is 6.51. The lowest BCUT2D eigenvalue weighted by atomic mass is 10.0. The van der Waals surface area contributed by atoms with Crippen LogP contribution < -0.4 is 5.32 Å². The number of nitrogens with one attached hydrogen (secondary N) is 1. The quantitative estimate of drug-likeness (QED) is 0.536. The standard InChI is InChI=1S/C19H23Cl2N3O4/c1-11(2)5-16(18(25)26)23-17(19(27)28)9-15-3-4-22-24(15)10-12-6-13(20)8-14(21)7-12/h3-4,6-8,11,16-17,23H,5,9-10H2,1-2H3,(H,25,26)(H,27,28). The van der Waals surface area contributed by atoms with Crippen molar-refractivity contribution in [1.82, 2.24) is 15.1 Å². The molecule has 9 heteroatoms. The van der Waals surface area contributed by atoms with Crippen LogP contribution in [0.25, 0.3) is 0 Å². The van der Waals surface area contributed by atoms with Crippen molar-refractivity contribution in [2.45, 2.75) is 45.3 Å². The molecular weight excluding hydrogens is 405 g/mol. The van der Waals surface area contributed by atoms with Gasteiger partial charge < -0.3 is 10.2 Å². The van der Waals surface area contributed by atoms with Crippen LogP contribution in [0.2, 0.25) is 10.0 Å². The number of carbonyl (C=O) groups is 2. The van der Waals surface area contributed by atoms with Gasteiger partial charge in [0.2, 0.25) is 0 Å². The molecular formula is C19H23Cl2N3O4. The number of benzene rings is 1. The third-order valence-electron chi connectivity index (χ3n) is 4.18. The lowest BCUT2D eigenvalue weighted by Crippen LogP contribution is -2.49. The first-order valence-corrected chi connectivity index (χ1v) is 9.58. The molecule has 0 saturated carbocycles. The molecule has 0 fully saturated rings. The molecule has 28 heavy (non-hydrogen) atoms. The second-order valence-corrected chi connectivity index (χ2v) is 7.91. The van der Waals surface area contributed by atoms with Gasteiger partial charge in [-0.15, -0.1) is 0 Å². The Bertz CT molecular complexity index is 818. The molecule has 0 bridgehead atoms. The Morgan fingerprint density at radius 1 is 1.11 bits per heavy atom. The van der Waals surface area contributed by atoms with Crippen molar-refractivity contribution in [2.75, 3.05) is 0 Å². The van der Waals surface area contributed by atoms with E-state index < -0.39 is 24.0 Å². The fourth-order valence-electron chi connectivity index (χ4n) is 2.93. The monoisotopic (exact) mass is 427 g/mol. The SMILES string of the molecule is CC(C)CC(NC(Cc1ccnn1Cc1cc(Cl)cc(Cl)c1)C(=O)O)C(=O)O. The molecule has 0 amide bonds. The van der Waals surface area contributed by atoms with Crippen LogP contribution in [0, 0.1) is 5.92 Å². The number of hydrogen-bond acceptors (Lipinski definition) is 4. The molecule has 2 atom stereocenters. The first kappa shape index (κ1) is 22.2. The highest BCUT2D eigenvalue weighted by Crippen LogP contribution is 2.20. The number of rotatable bonds is 10. The Kier molecular flexibility index (Phi) is 7.86. The molecule has 0 aliphatic heterocycles. The van der Waals surface area contributed by atoms with E-state index in [1.165, 1.54) is 0 Å². The van der Waals surface area contributed by atoms with Crippen LogP contribution in [0.3, 0.4) is 0 Å². The van der Waals surface area contributed by atoms with E-state index in [1.54, 1.807) is 35.1 Å². The molecule has 0 saturated heterocycles. The largest absolute Gasteiger partial charge is 0.480 e. The molecule has 2 unspecified atom stereocenters. The molecule has 152 valence electrons. The summed E-state index contributed by atoms with van der Waals surface area (Å²) in [5.41, 5.74) is 1.48. The van der Waals surface area contributed by atoms with Crippen molar-refractivity contribution in [3.8, 4) is 0 Å². The number of carboxylic acids is 2. The fraction of sp³-hybridized carbons (Fsp3) is 0.421. The topological polar surface area (TPSA) is 104 Å². The van der Waals surface area contributed by atoms with E-state index in [-0.39, 0.29) is 12.3 Å². The number of halogens is 2. The number of aliphatic carboxylic acids is 2. The van der Waals surface area contributed by atoms with Gasteiger partial charge >= 0.3 is 11.9 Å². The summed E-state index contributed by atoms with van der Waals surface area (Å²) in [6.45, 7) is 4.14. The molecule has 3 N–H and O–H groups in total. The molecule has 0 spiro atoms. The highest BCUT2D eigenvalue weighted by atomic mass is 35.5. The maximum atomic E-state index is 11.7. The van der Waals surface area contributed by atoms with Crippen molar-refractivity contribution in [2.24, 2.45) is 5.92 Å². The van der Waals surface area contributed by atoms with Gasteiger partial charge in [0.15, 0.2) is 0 Å². The Morgan fingerprint density at radius 3 is 2.25 bits per heavy atom. The summed E-state index contributed by atoms with van der Waals surface area (Å²) in [5.74, 6) is -2.07. The zero-order valence-corrected chi connectivity index (χ0v) is 17.1. The van der Waals surface area contributed by atoms with E-state index in [0.29, 0.717) is 28.7 Å². The van der Waals surface area contributed by atoms with E-state index in [2.05, 4.69) is 10.4 Å². The summed E-state index contributed by atoms with van der Waals surface area (Å²) in [6, 6.07) is 4.86. The second-order valence-electron chi connectivity index (χ2n) is 7.04. The Morgan fingerprint density at radius 2 is 1.71 bits per heavy atom. The summed E-state index contributed by atoms with van der Waals surface area (Å²) in [7, 11) is 0. The molecule has 0 radical (unpaired) electrons. The zero-order chi connectivity index (χ0) is 20.8. The smallest absolute Gasteiger partial charge is 0.321 e. The minimum atomic E-state index is -1.12. The second kappa shape index (κ2) is 9.91. The lowest BCUT2D eigenvalue weighted by Gasteiger charge is -2.22. The van der Waals surface area contributed by atoms with Crippen molar-refractivity contribution < 1.29 is 19.8 Å². The van der Waals surface area contributed by atoms with Gasteiger partial charge in [0.05, 0.1) is 6.54 Å². The third-order valence-corrected chi connectivity index (χ3v) is 4.61. The van der Waals surface area contributed by atoms with E-state index >= 15 is 0 Å². The molecule has 0 aliphatic carbocycles. The maximum Gasteiger partial charge on any atom is 0.321 e. The van der Waals surface area contributed by atoms with E-state index in [4.69, 9.17) is 23.2 Å². The summed E-state index contributed by atoms with van der Waals surface area (Å²) in [5, 5.41) is 26.9. The molecule has 1 aromatic carbocycles. The molecule has 7 nitrogen and oxygen atoms in total. The lowest BCUT2D eigenvalue weighted by molar-refractivity contribution is -0.142. The summed E-state index contributed by atoms with van der Waals surface area (Å²) in [6.07, 6.45) is 1.99. The van der Waals surface area contributed by atoms with Crippen LogP contribution >= 0.6 is 23.2 Å². The van der Waals surface area contributed by atoms with Gasteiger partial charge in [-0.2, -0.15) is 5.10 Å². The predicted octanol–water partition coefficient (Wildman–Crippen LogP) is 3.32. The Labute approximate surface area is 173 Å². The van der Waals surface area contributed by atoms with Gasteiger partial charge in [-0.05, 0) is 42.2 Å². The zero-order valence-electron chi connectivity index (χ0n) is 15.6. The van der Waals surface area contributed by atoms with Crippen LogP contribution in [0.1, 0.15) is 31.5 Å². The highest BCUT2D eigenvalue weighted by Gasteiger charge is 2.27. The van der Waals surface area contributed by atoms with Crippen molar-refractivity contribution in [1.29, 1.82) is 0 Å². The molecule has 1 aromatic heterocycles. The first-order chi connectivity index (χ1) is 13.2. The van der Waals surface area contributed by atoms with Gasteiger partial charge in [-0.3, -0.25) is 19.6 Å². The number of carboxylic acid groups (broad SMARTS) is 2. The van der Waals surface area contributed by atoms with Crippen molar-refractivity contribution >= 4 is 35.1 Å². The fourth-order valence-corrected chi connectivity index (χ4v) is 3.50. The van der Waals surface area contributed by atoms with Crippen LogP contribution in [-0.4, -0.2) is 44.0 Å². The van der Waals surface area contributed by atoms with Crippen molar-refractivity contribution in [3.05, 3.63) is 51.8 Å². The predicted molar refractivity (Wildman–Crippen MR) is 107 cm³/mol. The van der Waals surface area contributed by atoms with Gasteiger partial charge in [-0.25, -0.2) is 0 Å². The minimum absolute atomic E-state index is 0.0888. The van der Waals surface area contributed by atoms with Gasteiger partial charge in [0.1, 0.15) is 12.1 Å². The minimum Gasteiger partial charge on any atom is -0.480 e. The maximum absolute atomic E-state index is 11.7. The van der Waals surface area contributed by atoms with Crippen LogP contribution in [0.5, 0.6) is 0 Å². The van der Waals surface area contributed by atoms with Crippen LogP contribution in [0.4, 0.5) is 0 Å². The summed E-state index contributed by atoms with van der Waals surface area (Å²) < 4.78 is 1.65. The van der Waals surface area contributed by atoms with Gasteiger partial charge in [0.25, 0.3) is 0 Å². The number of aromatic nitrogens is 2. The van der Waals surface area contributed by atoms with Crippen LogP contribution in [-0.2, 0) is 22.6 Å². The Balaban J connectivity index is 2.17. The average molecular weight is 428 g/mol. The summed E-state index contributed by atoms with van der Waals surface area (Å²) in [4.78, 5) is 23.2. The van der Waals surface area contributed by atoms with E-state index in [1.807, 2.05) is 13.8 Å². The van der Waals surface area contributed by atoms with Crippen LogP contribution in [0.15, 0.2) is 30.5 Å². The molecule has 2 rings (SSSR count). The van der Waals surface area contributed by atoms with E-state index in [0.717, 1.165) is 5.56 Å². The van der Waals surface area contributed by atoms with Gasteiger partial charge in [0, 0.05) is 28.4 Å². The summed E-state index contributed by atoms with van der Waals surface area (Å²) >= 11 is 12.1. The average Bonchev–Trinajstić information content (AvgIpc) is 2.98.